The van der Waals surface area contributed by atoms with Crippen LogP contribution < -0.4 is 11.5 Å². The molecular formula is C29H45N3O6. The Morgan fingerprint density at radius 2 is 1.89 bits per heavy atom. The smallest absolute Gasteiger partial charge is 0.331 e. The van der Waals surface area contributed by atoms with Crippen molar-refractivity contribution in [3.8, 4) is 0 Å². The number of cyclic esters (lactones) is 1. The lowest BCUT2D eigenvalue weighted by Gasteiger charge is -2.71. The van der Waals surface area contributed by atoms with Gasteiger partial charge >= 0.3 is 5.97 Å². The van der Waals surface area contributed by atoms with Crippen LogP contribution in [-0.4, -0.2) is 58.9 Å². The summed E-state index contributed by atoms with van der Waals surface area (Å²) >= 11 is 0. The van der Waals surface area contributed by atoms with Crippen molar-refractivity contribution in [2.45, 2.75) is 133 Å². The molecule has 4 saturated carbocycles. The summed E-state index contributed by atoms with van der Waals surface area (Å²) in [7, 11) is 0. The predicted molar refractivity (Wildman–Crippen MR) is 141 cm³/mol. The molecule has 6 rings (SSSR count). The van der Waals surface area contributed by atoms with Crippen molar-refractivity contribution in [2.75, 3.05) is 6.61 Å². The van der Waals surface area contributed by atoms with Crippen LogP contribution in [0.25, 0.3) is 0 Å². The van der Waals surface area contributed by atoms with E-state index < -0.39 is 28.1 Å². The third-order valence-corrected chi connectivity index (χ3v) is 12.5. The molecule has 0 radical (unpaired) electrons. The molecule has 38 heavy (non-hydrogen) atoms. The lowest BCUT2D eigenvalue weighted by molar-refractivity contribution is -0.250. The van der Waals surface area contributed by atoms with Gasteiger partial charge in [-0.3, -0.25) is 0 Å². The first-order valence-corrected chi connectivity index (χ1v) is 14.7. The number of nitrogens with zero attached hydrogens (tertiary/aromatic N) is 1. The van der Waals surface area contributed by atoms with Gasteiger partial charge in [0.05, 0.1) is 17.8 Å². The van der Waals surface area contributed by atoms with Crippen molar-refractivity contribution in [3.05, 3.63) is 16.6 Å². The van der Waals surface area contributed by atoms with Gasteiger partial charge in [0, 0.05) is 22.6 Å². The summed E-state index contributed by atoms with van der Waals surface area (Å²) in [6.07, 6.45) is 9.92. The molecule has 3 unspecified atom stereocenters. The molecule has 0 spiro atoms. The van der Waals surface area contributed by atoms with Gasteiger partial charge in [0.2, 0.25) is 0 Å². The first-order valence-electron chi connectivity index (χ1n) is 14.7. The second-order valence-electron chi connectivity index (χ2n) is 13.9. The highest BCUT2D eigenvalue weighted by atomic mass is 16.7. The molecule has 0 bridgehead atoms. The number of rotatable bonds is 4. The van der Waals surface area contributed by atoms with Gasteiger partial charge in [-0.2, -0.15) is 4.91 Å². The lowest BCUT2D eigenvalue weighted by Crippen LogP contribution is -2.82. The molecule has 0 aromatic heterocycles. The fourth-order valence-corrected chi connectivity index (χ4v) is 10.1. The molecular weight excluding hydrogens is 486 g/mol. The fraction of sp³-hybridized carbons (Fsp3) is 0.897. The topological polar surface area (TPSA) is 146 Å². The number of ether oxygens (including phenoxy) is 3. The van der Waals surface area contributed by atoms with Crippen molar-refractivity contribution in [3.63, 3.8) is 0 Å². The van der Waals surface area contributed by atoms with E-state index in [-0.39, 0.29) is 48.3 Å². The van der Waals surface area contributed by atoms with Crippen LogP contribution in [0.2, 0.25) is 0 Å². The van der Waals surface area contributed by atoms with Crippen LogP contribution in [0.4, 0.5) is 0 Å². The van der Waals surface area contributed by atoms with E-state index in [2.05, 4.69) is 19.0 Å². The maximum Gasteiger partial charge on any atom is 0.331 e. The fourth-order valence-electron chi connectivity index (χ4n) is 10.1. The minimum atomic E-state index is -1.30. The zero-order valence-corrected chi connectivity index (χ0v) is 23.1. The van der Waals surface area contributed by atoms with Gasteiger partial charge < -0.3 is 30.8 Å². The van der Waals surface area contributed by atoms with E-state index in [0.29, 0.717) is 38.5 Å². The Morgan fingerprint density at radius 3 is 2.58 bits per heavy atom. The molecule has 9 nitrogen and oxygen atoms in total. The van der Waals surface area contributed by atoms with Crippen LogP contribution in [-0.2, 0) is 19.0 Å². The van der Waals surface area contributed by atoms with Gasteiger partial charge in [-0.25, -0.2) is 4.79 Å². The van der Waals surface area contributed by atoms with Crippen molar-refractivity contribution in [1.82, 2.24) is 0 Å². The Bertz CT molecular complexity index is 1040. The molecule has 5 fully saturated rings. The number of esters is 1. The maximum atomic E-state index is 12.6. The molecule has 0 aromatic rings. The summed E-state index contributed by atoms with van der Waals surface area (Å²) in [5, 5.41) is 16.3. The van der Waals surface area contributed by atoms with Crippen molar-refractivity contribution in [1.29, 1.82) is 0 Å². The molecule has 0 amide bonds. The Balaban J connectivity index is 1.30. The highest BCUT2D eigenvalue weighted by molar-refractivity contribution is 5.85. The van der Waals surface area contributed by atoms with Crippen molar-refractivity contribution < 1.29 is 24.1 Å². The minimum absolute atomic E-state index is 0.0216. The average molecular weight is 532 g/mol. The first-order chi connectivity index (χ1) is 17.9. The number of nitroso groups, excluding NO2 is 1. The zero-order chi connectivity index (χ0) is 27.1. The van der Waals surface area contributed by atoms with E-state index in [1.54, 1.807) is 0 Å². The normalized spacial score (nSPS) is 54.4. The monoisotopic (exact) mass is 531 g/mol. The number of hydrogen-bond acceptors (Lipinski definition) is 9. The second kappa shape index (κ2) is 8.80. The Morgan fingerprint density at radius 1 is 1.11 bits per heavy atom. The number of carbonyl (C=O) groups excluding carboxylic acids is 1. The summed E-state index contributed by atoms with van der Waals surface area (Å²) in [4.78, 5) is 24.4. The van der Waals surface area contributed by atoms with Gasteiger partial charge in [0.25, 0.3) is 0 Å². The average Bonchev–Trinajstić information content (AvgIpc) is 3.41. The van der Waals surface area contributed by atoms with E-state index in [0.717, 1.165) is 37.7 Å². The highest BCUT2D eigenvalue weighted by Gasteiger charge is 2.77. The summed E-state index contributed by atoms with van der Waals surface area (Å²) in [6.45, 7) is 6.49. The van der Waals surface area contributed by atoms with Gasteiger partial charge in [-0.1, -0.05) is 19.0 Å². The number of carbonyl (C=O) groups is 1. The van der Waals surface area contributed by atoms with E-state index in [9.17, 15) is 14.8 Å². The van der Waals surface area contributed by atoms with Crippen LogP contribution in [0.15, 0.2) is 16.8 Å². The van der Waals surface area contributed by atoms with Gasteiger partial charge in [-0.15, -0.1) is 0 Å². The number of hydrogen-bond donors (Lipinski definition) is 3. The quantitative estimate of drug-likeness (QED) is 0.284. The molecule has 4 aliphatic carbocycles. The number of aliphatic hydroxyl groups is 1. The minimum Gasteiger partial charge on any atom is -0.458 e. The molecule has 1 saturated heterocycles. The van der Waals surface area contributed by atoms with E-state index >= 15 is 0 Å². The van der Waals surface area contributed by atoms with Crippen LogP contribution in [0.5, 0.6) is 0 Å². The van der Waals surface area contributed by atoms with E-state index in [1.807, 2.05) is 6.92 Å². The Labute approximate surface area is 225 Å². The Hall–Kier alpha value is -1.39. The Kier molecular flexibility index (Phi) is 6.21. The van der Waals surface area contributed by atoms with E-state index in [4.69, 9.17) is 25.7 Å². The molecule has 5 N–H and O–H groups in total. The SMILES string of the molecule is C[C@@H]1CCCC(O[C@H]2CC[C@]3(C)C4CC(N=O)[C@]5(C)[C@@H](C6=CC(=O)OC6)CC[C@]5(O)[C@]4(N)CC[C@]3(N)C2)O1. The van der Waals surface area contributed by atoms with Gasteiger partial charge in [0.1, 0.15) is 12.6 Å². The number of nitrogens with two attached hydrogens (primary N) is 2. The summed E-state index contributed by atoms with van der Waals surface area (Å²) < 4.78 is 17.7. The van der Waals surface area contributed by atoms with Crippen LogP contribution in [0.1, 0.15) is 91.4 Å². The molecule has 212 valence electrons. The third-order valence-electron chi connectivity index (χ3n) is 12.5. The maximum absolute atomic E-state index is 12.6. The summed E-state index contributed by atoms with van der Waals surface area (Å²) in [6, 6.07) is -0.636. The second-order valence-corrected chi connectivity index (χ2v) is 13.9. The zero-order valence-electron chi connectivity index (χ0n) is 23.1. The third kappa shape index (κ3) is 3.44. The van der Waals surface area contributed by atoms with E-state index in [1.165, 1.54) is 6.08 Å². The lowest BCUT2D eigenvalue weighted by atomic mass is 9.38. The van der Waals surface area contributed by atoms with Crippen LogP contribution >= 0.6 is 0 Å². The van der Waals surface area contributed by atoms with Gasteiger partial charge in [-0.05, 0) is 100 Å². The molecule has 2 heterocycles. The summed E-state index contributed by atoms with van der Waals surface area (Å²) in [5.74, 6) is -0.700. The van der Waals surface area contributed by atoms with Crippen molar-refractivity contribution in [2.24, 2.45) is 39.3 Å². The largest absolute Gasteiger partial charge is 0.458 e. The molecule has 9 heteroatoms. The molecule has 6 aliphatic rings. The first kappa shape index (κ1) is 26.8. The van der Waals surface area contributed by atoms with Gasteiger partial charge in [0.15, 0.2) is 6.29 Å². The standard InChI is InChI=1S/C29H45N3O6/c1-17-5-4-6-24(37-17)38-19-7-9-25(2)21-14-22(32-35)26(3)20(18-13-23(33)36-16-18)8-10-29(26,34)28(21,31)12-11-27(25,30)15-19/h13,17,19-22,24,34H,4-12,14-16,30-31H2,1-3H3/t17-,19+,20-,21?,22?,24?,25-,26+,27+,28+,29-/m1/s1. The van der Waals surface area contributed by atoms with Crippen molar-refractivity contribution >= 4 is 5.97 Å². The van der Waals surface area contributed by atoms with Crippen LogP contribution in [0.3, 0.4) is 0 Å². The number of fused-ring (bicyclic) bond motifs is 5. The predicted octanol–water partition coefficient (Wildman–Crippen LogP) is 3.45. The highest BCUT2D eigenvalue weighted by Crippen LogP contribution is 2.71. The summed E-state index contributed by atoms with van der Waals surface area (Å²) in [5.41, 5.74) is 11.6. The molecule has 2 aliphatic heterocycles. The molecule has 0 aromatic carbocycles. The van der Waals surface area contributed by atoms with Crippen LogP contribution in [0, 0.1) is 27.6 Å². The molecule has 11 atom stereocenters.